The highest BCUT2D eigenvalue weighted by atomic mass is 32.2. The first kappa shape index (κ1) is 41.4. The summed E-state index contributed by atoms with van der Waals surface area (Å²) in [6.45, 7) is 12.1. The van der Waals surface area contributed by atoms with Crippen molar-refractivity contribution in [2.45, 2.75) is 68.6 Å². The summed E-state index contributed by atoms with van der Waals surface area (Å²) in [6.07, 6.45) is 13.3. The van der Waals surface area contributed by atoms with Crippen LogP contribution in [0.1, 0.15) is 56.9 Å². The molecule has 0 radical (unpaired) electrons. The summed E-state index contributed by atoms with van der Waals surface area (Å²) >= 11 is 0. The molecule has 16 nitrogen and oxygen atoms in total. The lowest BCUT2D eigenvalue weighted by Crippen LogP contribution is -2.42. The molecule has 2 N–H and O–H groups in total. The first-order valence-electron chi connectivity index (χ1n) is 19.3. The fourth-order valence-corrected chi connectivity index (χ4v) is 9.48. The minimum absolute atomic E-state index is 0.0943. The van der Waals surface area contributed by atoms with Gasteiger partial charge in [-0.25, -0.2) is 41.9 Å². The van der Waals surface area contributed by atoms with Crippen LogP contribution in [0.5, 0.6) is 0 Å². The molecule has 0 aliphatic carbocycles. The number of nitrogens with two attached hydrogens (primary N) is 1. The number of pyridine rings is 2. The first-order valence-corrected chi connectivity index (χ1v) is 22.3. The van der Waals surface area contributed by atoms with Crippen molar-refractivity contribution in [3.63, 3.8) is 0 Å². The van der Waals surface area contributed by atoms with Gasteiger partial charge in [-0.05, 0) is 94.5 Å². The van der Waals surface area contributed by atoms with E-state index in [9.17, 15) is 26.4 Å². The number of primary sulfonamides is 1. The average molecular weight is 859 g/mol. The van der Waals surface area contributed by atoms with Gasteiger partial charge in [0.05, 0.1) is 46.0 Å². The van der Waals surface area contributed by atoms with Crippen molar-refractivity contribution in [3.8, 4) is 22.3 Å². The zero-order valence-corrected chi connectivity index (χ0v) is 35.9. The number of rotatable bonds is 7. The Kier molecular flexibility index (Phi) is 10.2. The quantitative estimate of drug-likeness (QED) is 0.206. The lowest BCUT2D eigenvalue weighted by atomic mass is 9.85. The Morgan fingerprint density at radius 2 is 0.967 bits per heavy atom. The zero-order chi connectivity index (χ0) is 43.6. The Labute approximate surface area is 353 Å². The van der Waals surface area contributed by atoms with Crippen LogP contribution >= 0.6 is 0 Å². The molecule has 2 amide bonds. The third-order valence-electron chi connectivity index (χ3n) is 11.2. The van der Waals surface area contributed by atoms with Gasteiger partial charge in [0, 0.05) is 61.4 Å². The van der Waals surface area contributed by atoms with Gasteiger partial charge in [0.15, 0.2) is 0 Å². The Bertz CT molecular complexity index is 2970. The normalized spacial score (nSPS) is 16.7. The van der Waals surface area contributed by atoms with Crippen LogP contribution in [-0.2, 0) is 40.5 Å². The van der Waals surface area contributed by atoms with Crippen molar-refractivity contribution in [1.82, 2.24) is 34.2 Å². The summed E-state index contributed by atoms with van der Waals surface area (Å²) in [5.74, 6) is 1.03. The fraction of sp³-hybridized carbons (Fsp3) is 0.256. The van der Waals surface area contributed by atoms with E-state index in [4.69, 9.17) is 5.14 Å². The fourth-order valence-electron chi connectivity index (χ4n) is 7.49. The van der Waals surface area contributed by atoms with E-state index in [0.29, 0.717) is 47.5 Å². The first-order chi connectivity index (χ1) is 28.8. The van der Waals surface area contributed by atoms with Gasteiger partial charge in [-0.15, -0.1) is 0 Å². The number of aromatic nitrogens is 6. The number of sulfonamides is 2. The highest BCUT2D eigenvalue weighted by Crippen LogP contribution is 2.48. The molecule has 1 fully saturated rings. The van der Waals surface area contributed by atoms with E-state index in [2.05, 4.69) is 29.9 Å². The smallest absolute Gasteiger partial charge is 0.244 e. The number of hydrogen-bond acceptors (Lipinski definition) is 12. The second-order valence-corrected chi connectivity index (χ2v) is 19.6. The molecule has 3 aliphatic heterocycles. The molecule has 0 unspecified atom stereocenters. The van der Waals surface area contributed by atoms with Gasteiger partial charge >= 0.3 is 0 Å². The monoisotopic (exact) mass is 858 g/mol. The molecule has 0 atom stereocenters. The van der Waals surface area contributed by atoms with Crippen LogP contribution < -0.4 is 14.9 Å². The van der Waals surface area contributed by atoms with Gasteiger partial charge in [0.25, 0.3) is 0 Å². The van der Waals surface area contributed by atoms with Crippen LogP contribution in [0.3, 0.4) is 0 Å². The molecule has 6 aromatic rings. The molecule has 3 aliphatic rings. The molecule has 0 saturated carbocycles. The molecule has 312 valence electrons. The number of fused-ring (bicyclic) bond motifs is 2. The van der Waals surface area contributed by atoms with Gasteiger partial charge in [-0.1, -0.05) is 24.3 Å². The highest BCUT2D eigenvalue weighted by Gasteiger charge is 2.46. The largest absolute Gasteiger partial charge is 0.278 e. The van der Waals surface area contributed by atoms with Crippen molar-refractivity contribution in [2.24, 2.45) is 5.14 Å². The number of nitrogens with zero attached hydrogens (tertiary/aromatic N) is 9. The lowest BCUT2D eigenvalue weighted by molar-refractivity contribution is -0.122. The second kappa shape index (κ2) is 15.0. The predicted octanol–water partition coefficient (Wildman–Crippen LogP) is 5.65. The topological polar surface area (TPSA) is 216 Å². The summed E-state index contributed by atoms with van der Waals surface area (Å²) in [6, 6.07) is 14.4. The Morgan fingerprint density at radius 3 is 1.36 bits per heavy atom. The van der Waals surface area contributed by atoms with E-state index in [1.165, 1.54) is 39.9 Å². The molecule has 61 heavy (non-hydrogen) atoms. The minimum Gasteiger partial charge on any atom is -0.278 e. The Hall–Kier alpha value is -6.34. The van der Waals surface area contributed by atoms with Crippen LogP contribution in [0.15, 0.2) is 108 Å². The molecule has 4 aromatic heterocycles. The third kappa shape index (κ3) is 7.34. The molecule has 2 aromatic carbocycles. The summed E-state index contributed by atoms with van der Waals surface area (Å²) in [7, 11) is -7.57. The summed E-state index contributed by atoms with van der Waals surface area (Å²) in [4.78, 5) is 54.8. The van der Waals surface area contributed by atoms with Crippen LogP contribution in [0.2, 0.25) is 0 Å². The van der Waals surface area contributed by atoms with Gasteiger partial charge in [-0.3, -0.25) is 29.4 Å². The molecule has 1 saturated heterocycles. The van der Waals surface area contributed by atoms with Crippen molar-refractivity contribution in [2.75, 3.05) is 22.9 Å². The molecular formula is C43H42N10O6S2. The standard InChI is InChI=1S/C23H23N5O3S.C20H19N5O3S/c1-15-25-11-17(12-26-15)16-5-6-20-21(9-16)28(22(29)23(20,2)3)18-10-19(14-24-13-18)32(30,31)27-7-4-8-27;1-12-23-8-14(9-24-12)13-4-5-17-18(6-13)25(19(26)20(17,2)3)15-7-16(11-22-10-15)29(21,27)28/h5-6,9-14H,4,7-8H2,1-3H3;4-11H,1-3H3,(H2,21,27,28). The predicted molar refractivity (Wildman–Crippen MR) is 228 cm³/mol. The van der Waals surface area contributed by atoms with E-state index in [0.717, 1.165) is 46.0 Å². The minimum atomic E-state index is -3.95. The number of hydrogen-bond donors (Lipinski definition) is 1. The number of benzene rings is 2. The lowest BCUT2D eigenvalue weighted by Gasteiger charge is -2.30. The molecule has 9 rings (SSSR count). The van der Waals surface area contributed by atoms with Crippen LogP contribution in [0.25, 0.3) is 22.3 Å². The SMILES string of the molecule is Cc1ncc(-c2ccc3c(c2)N(c2cncc(S(=O)(=O)N4CCC4)c2)C(=O)C3(C)C)cn1.Cc1ncc(-c2ccc3c(c2)N(c2cncc(S(N)(=O)=O)c2)C(=O)C3(C)C)cn1. The van der Waals surface area contributed by atoms with Gasteiger partial charge in [-0.2, -0.15) is 4.31 Å². The summed E-state index contributed by atoms with van der Waals surface area (Å²) < 4.78 is 50.6. The Balaban J connectivity index is 0.000000169. The number of amides is 2. The molecular weight excluding hydrogens is 817 g/mol. The molecule has 18 heteroatoms. The summed E-state index contributed by atoms with van der Waals surface area (Å²) in [5.41, 5.74) is 5.66. The van der Waals surface area contributed by atoms with Gasteiger partial charge < -0.3 is 0 Å². The maximum Gasteiger partial charge on any atom is 0.244 e. The van der Waals surface area contributed by atoms with Crippen LogP contribution in [0, 0.1) is 13.8 Å². The maximum absolute atomic E-state index is 13.5. The molecule has 7 heterocycles. The van der Waals surface area contributed by atoms with Crippen molar-refractivity contribution in [3.05, 3.63) is 121 Å². The number of anilines is 4. The second-order valence-electron chi connectivity index (χ2n) is 16.1. The Morgan fingerprint density at radius 1 is 0.557 bits per heavy atom. The van der Waals surface area contributed by atoms with E-state index in [1.54, 1.807) is 36.6 Å². The van der Waals surface area contributed by atoms with Crippen molar-refractivity contribution in [1.29, 1.82) is 0 Å². The zero-order valence-electron chi connectivity index (χ0n) is 34.2. The van der Waals surface area contributed by atoms with Gasteiger partial charge in [0.1, 0.15) is 21.4 Å². The van der Waals surface area contributed by atoms with Gasteiger partial charge in [0.2, 0.25) is 31.9 Å². The van der Waals surface area contributed by atoms with E-state index >= 15 is 0 Å². The third-order valence-corrected chi connectivity index (χ3v) is 14.0. The molecule has 0 spiro atoms. The van der Waals surface area contributed by atoms with Crippen LogP contribution in [0.4, 0.5) is 22.7 Å². The van der Waals surface area contributed by atoms with E-state index in [-0.39, 0.29) is 21.6 Å². The van der Waals surface area contributed by atoms with Crippen molar-refractivity contribution < 1.29 is 26.4 Å². The average Bonchev–Trinajstić information content (AvgIpc) is 3.53. The summed E-state index contributed by atoms with van der Waals surface area (Å²) in [5, 5.41) is 5.23. The number of aryl methyl sites for hydroxylation is 2. The van der Waals surface area contributed by atoms with Crippen molar-refractivity contribution >= 4 is 54.6 Å². The number of carbonyl (C=O) groups excluding carboxylic acids is 2. The maximum atomic E-state index is 13.5. The van der Waals surface area contributed by atoms with E-state index < -0.39 is 30.9 Å². The highest BCUT2D eigenvalue weighted by molar-refractivity contribution is 7.89. The molecule has 0 bridgehead atoms. The van der Waals surface area contributed by atoms with Crippen LogP contribution in [-0.4, -0.2) is 75.9 Å². The van der Waals surface area contributed by atoms with E-state index in [1.807, 2.05) is 71.0 Å². The number of carbonyl (C=O) groups is 2.